The van der Waals surface area contributed by atoms with E-state index in [1.165, 1.54) is 5.56 Å². The number of rotatable bonds is 7. The van der Waals surface area contributed by atoms with Crippen LogP contribution in [0.3, 0.4) is 0 Å². The van der Waals surface area contributed by atoms with Crippen LogP contribution in [0.2, 0.25) is 0 Å². The van der Waals surface area contributed by atoms with Crippen LogP contribution in [0.1, 0.15) is 32.9 Å². The van der Waals surface area contributed by atoms with Crippen molar-refractivity contribution in [2.75, 3.05) is 7.05 Å². The highest BCUT2D eigenvalue weighted by Gasteiger charge is 2.14. The summed E-state index contributed by atoms with van der Waals surface area (Å²) < 4.78 is 5.31. The Morgan fingerprint density at radius 3 is 2.77 bits per heavy atom. The van der Waals surface area contributed by atoms with Crippen LogP contribution in [-0.4, -0.2) is 28.0 Å². The average Bonchev–Trinajstić information content (AvgIpc) is 3.10. The van der Waals surface area contributed by atoms with Gasteiger partial charge in [0.2, 0.25) is 0 Å². The molecule has 0 spiro atoms. The summed E-state index contributed by atoms with van der Waals surface area (Å²) in [6.45, 7) is 3.78. The van der Waals surface area contributed by atoms with Crippen LogP contribution in [0.4, 0.5) is 0 Å². The monoisotopic (exact) mass is 350 g/mol. The third-order valence-electron chi connectivity index (χ3n) is 4.09. The molecule has 0 saturated carbocycles. The molecule has 0 unspecified atom stereocenters. The predicted octanol–water partition coefficient (Wildman–Crippen LogP) is 2.94. The molecule has 1 aromatic carbocycles. The normalized spacial score (nSPS) is 10.9. The van der Waals surface area contributed by atoms with E-state index in [4.69, 9.17) is 4.52 Å². The second kappa shape index (κ2) is 8.40. The molecule has 0 fully saturated rings. The first-order valence-electron chi connectivity index (χ1n) is 8.47. The number of aromatic nitrogens is 2. The van der Waals surface area contributed by atoms with E-state index in [2.05, 4.69) is 32.5 Å². The van der Waals surface area contributed by atoms with E-state index in [0.717, 1.165) is 17.7 Å². The predicted molar refractivity (Wildman–Crippen MR) is 98.3 cm³/mol. The lowest BCUT2D eigenvalue weighted by Gasteiger charge is -2.14. The van der Waals surface area contributed by atoms with Crippen molar-refractivity contribution in [3.63, 3.8) is 0 Å². The largest absolute Gasteiger partial charge is 0.359 e. The maximum absolute atomic E-state index is 12.3. The number of nitrogens with zero attached hydrogens (tertiary/aromatic N) is 3. The average molecular weight is 350 g/mol. The first-order chi connectivity index (χ1) is 12.6. The summed E-state index contributed by atoms with van der Waals surface area (Å²) in [4.78, 5) is 18.4. The smallest absolute Gasteiger partial charge is 0.273 e. The number of nitrogens with one attached hydrogen (secondary N) is 1. The van der Waals surface area contributed by atoms with Crippen LogP contribution < -0.4 is 5.32 Å². The Kier molecular flexibility index (Phi) is 5.76. The van der Waals surface area contributed by atoms with Gasteiger partial charge in [0.25, 0.3) is 5.91 Å². The summed E-state index contributed by atoms with van der Waals surface area (Å²) in [7, 11) is 2.00. The van der Waals surface area contributed by atoms with Crippen molar-refractivity contribution in [3.05, 3.63) is 83.0 Å². The number of carbonyl (C=O) groups excluding carboxylic acids is 1. The van der Waals surface area contributed by atoms with Gasteiger partial charge in [0, 0.05) is 31.5 Å². The van der Waals surface area contributed by atoms with Crippen molar-refractivity contribution in [1.82, 2.24) is 20.4 Å². The quantitative estimate of drug-likeness (QED) is 0.709. The van der Waals surface area contributed by atoms with Crippen molar-refractivity contribution in [3.8, 4) is 0 Å². The summed E-state index contributed by atoms with van der Waals surface area (Å²) in [5, 5.41) is 6.74. The Morgan fingerprint density at radius 2 is 2.00 bits per heavy atom. The van der Waals surface area contributed by atoms with Crippen molar-refractivity contribution < 1.29 is 9.32 Å². The number of hydrogen-bond acceptors (Lipinski definition) is 5. The number of hydrogen-bond donors (Lipinski definition) is 1. The van der Waals surface area contributed by atoms with E-state index in [1.807, 2.05) is 38.2 Å². The third kappa shape index (κ3) is 4.77. The molecular weight excluding hydrogens is 328 g/mol. The van der Waals surface area contributed by atoms with Gasteiger partial charge in [-0.3, -0.25) is 14.7 Å². The zero-order chi connectivity index (χ0) is 18.4. The number of pyridine rings is 1. The molecule has 0 aliphatic rings. The molecule has 0 aliphatic carbocycles. The maximum Gasteiger partial charge on any atom is 0.273 e. The van der Waals surface area contributed by atoms with E-state index in [0.29, 0.717) is 24.5 Å². The second-order valence-corrected chi connectivity index (χ2v) is 6.32. The Labute approximate surface area is 152 Å². The Morgan fingerprint density at radius 1 is 1.19 bits per heavy atom. The fourth-order valence-corrected chi connectivity index (χ4v) is 2.68. The second-order valence-electron chi connectivity index (χ2n) is 6.32. The highest BCUT2D eigenvalue weighted by Crippen LogP contribution is 2.10. The maximum atomic E-state index is 12.3. The molecule has 2 aromatic heterocycles. The SMILES string of the molecule is Cc1cnccc1CNC(=O)c1cc(CN(C)Cc2ccccc2)on1. The molecule has 134 valence electrons. The van der Waals surface area contributed by atoms with Crippen LogP contribution in [0.15, 0.2) is 59.4 Å². The fraction of sp³-hybridized carbons (Fsp3) is 0.250. The number of benzene rings is 1. The van der Waals surface area contributed by atoms with Crippen molar-refractivity contribution >= 4 is 5.91 Å². The molecule has 3 rings (SSSR count). The fourth-order valence-electron chi connectivity index (χ4n) is 2.68. The molecule has 1 N–H and O–H groups in total. The van der Waals surface area contributed by atoms with Crippen LogP contribution in [-0.2, 0) is 19.6 Å². The molecule has 6 heteroatoms. The molecule has 0 radical (unpaired) electrons. The van der Waals surface area contributed by atoms with Gasteiger partial charge in [-0.25, -0.2) is 0 Å². The third-order valence-corrected chi connectivity index (χ3v) is 4.09. The van der Waals surface area contributed by atoms with Crippen molar-refractivity contribution in [1.29, 1.82) is 0 Å². The summed E-state index contributed by atoms with van der Waals surface area (Å²) >= 11 is 0. The van der Waals surface area contributed by atoms with Gasteiger partial charge < -0.3 is 9.84 Å². The first kappa shape index (κ1) is 17.8. The molecule has 6 nitrogen and oxygen atoms in total. The van der Waals surface area contributed by atoms with Gasteiger partial charge in [-0.1, -0.05) is 35.5 Å². The number of carbonyl (C=O) groups is 1. The standard InChI is InChI=1S/C20H22N4O2/c1-15-11-21-9-8-17(15)12-22-20(25)19-10-18(26-23-19)14-24(2)13-16-6-4-3-5-7-16/h3-11H,12-14H2,1-2H3,(H,22,25). The highest BCUT2D eigenvalue weighted by atomic mass is 16.5. The van der Waals surface area contributed by atoms with Gasteiger partial charge in [0.15, 0.2) is 11.5 Å². The van der Waals surface area contributed by atoms with Crippen LogP contribution in [0.25, 0.3) is 0 Å². The van der Waals surface area contributed by atoms with Gasteiger partial charge in [-0.2, -0.15) is 0 Å². The van der Waals surface area contributed by atoms with Crippen molar-refractivity contribution in [2.45, 2.75) is 26.6 Å². The lowest BCUT2D eigenvalue weighted by Crippen LogP contribution is -2.23. The molecule has 1 amide bonds. The number of aryl methyl sites for hydroxylation is 1. The van der Waals surface area contributed by atoms with Gasteiger partial charge in [-0.05, 0) is 36.7 Å². The molecule has 0 saturated heterocycles. The van der Waals surface area contributed by atoms with Gasteiger partial charge >= 0.3 is 0 Å². The topological polar surface area (TPSA) is 71.3 Å². The van der Waals surface area contributed by atoms with E-state index in [1.54, 1.807) is 18.5 Å². The minimum absolute atomic E-state index is 0.248. The summed E-state index contributed by atoms with van der Waals surface area (Å²) in [6.07, 6.45) is 3.49. The minimum atomic E-state index is -0.248. The van der Waals surface area contributed by atoms with Gasteiger partial charge in [0.05, 0.1) is 6.54 Å². The van der Waals surface area contributed by atoms with Gasteiger partial charge in [0.1, 0.15) is 0 Å². The van der Waals surface area contributed by atoms with E-state index >= 15 is 0 Å². The summed E-state index contributed by atoms with van der Waals surface area (Å²) in [5.41, 5.74) is 3.58. The highest BCUT2D eigenvalue weighted by molar-refractivity contribution is 5.92. The lowest BCUT2D eigenvalue weighted by molar-refractivity contribution is 0.0941. The Balaban J connectivity index is 1.53. The van der Waals surface area contributed by atoms with Crippen LogP contribution in [0.5, 0.6) is 0 Å². The lowest BCUT2D eigenvalue weighted by atomic mass is 10.1. The first-order valence-corrected chi connectivity index (χ1v) is 8.47. The van der Waals surface area contributed by atoms with E-state index < -0.39 is 0 Å². The van der Waals surface area contributed by atoms with Gasteiger partial charge in [-0.15, -0.1) is 0 Å². The molecule has 2 heterocycles. The molecule has 3 aromatic rings. The van der Waals surface area contributed by atoms with E-state index in [9.17, 15) is 4.79 Å². The van der Waals surface area contributed by atoms with E-state index in [-0.39, 0.29) is 5.91 Å². The molecule has 0 bridgehead atoms. The zero-order valence-corrected chi connectivity index (χ0v) is 15.0. The van der Waals surface area contributed by atoms with Crippen molar-refractivity contribution in [2.24, 2.45) is 0 Å². The minimum Gasteiger partial charge on any atom is -0.359 e. The van der Waals surface area contributed by atoms with Crippen LogP contribution in [0, 0.1) is 6.92 Å². The summed E-state index contributed by atoms with van der Waals surface area (Å²) in [5.74, 6) is 0.413. The summed E-state index contributed by atoms with van der Waals surface area (Å²) in [6, 6.07) is 13.8. The molecular formula is C20H22N4O2. The zero-order valence-electron chi connectivity index (χ0n) is 15.0. The molecule has 26 heavy (non-hydrogen) atoms. The Hall–Kier alpha value is -2.99. The Bertz CT molecular complexity index is 861. The number of amides is 1. The molecule has 0 aliphatic heterocycles. The van der Waals surface area contributed by atoms with Crippen LogP contribution >= 0.6 is 0 Å². The molecule has 0 atom stereocenters.